The summed E-state index contributed by atoms with van der Waals surface area (Å²) in [4.78, 5) is 11.7. The summed E-state index contributed by atoms with van der Waals surface area (Å²) in [5.74, 6) is 0.247. The smallest absolute Gasteiger partial charge is 0.231 e. The van der Waals surface area contributed by atoms with Crippen LogP contribution in [-0.2, 0) is 18.3 Å². The summed E-state index contributed by atoms with van der Waals surface area (Å²) in [6.07, 6.45) is 1.73. The van der Waals surface area contributed by atoms with Crippen LogP contribution >= 0.6 is 11.6 Å². The second kappa shape index (κ2) is 4.97. The molecule has 2 rings (SSSR count). The number of amides is 1. The number of nitrogens with zero attached hydrogens (tertiary/aromatic N) is 3. The van der Waals surface area contributed by atoms with Crippen molar-refractivity contribution in [2.24, 2.45) is 7.05 Å². The lowest BCUT2D eigenvalue weighted by Gasteiger charge is -2.05. The molecule has 0 fully saturated rings. The van der Waals surface area contributed by atoms with E-state index in [1.807, 2.05) is 18.2 Å². The topological polar surface area (TPSA) is 59.8 Å². The second-order valence-electron chi connectivity index (χ2n) is 3.58. The Hall–Kier alpha value is -1.88. The number of nitrogens with one attached hydrogen (secondary N) is 1. The van der Waals surface area contributed by atoms with Gasteiger partial charge in [-0.1, -0.05) is 29.8 Å². The van der Waals surface area contributed by atoms with E-state index in [2.05, 4.69) is 15.5 Å². The quantitative estimate of drug-likeness (QED) is 0.901. The van der Waals surface area contributed by atoms with Crippen LogP contribution in [0, 0.1) is 0 Å². The first-order valence-electron chi connectivity index (χ1n) is 5.04. The lowest BCUT2D eigenvalue weighted by molar-refractivity contribution is -0.115. The van der Waals surface area contributed by atoms with Crippen LogP contribution in [0.2, 0.25) is 5.02 Å². The number of rotatable bonds is 3. The fourth-order valence-corrected chi connectivity index (χ4v) is 1.58. The van der Waals surface area contributed by atoms with Crippen LogP contribution in [0.5, 0.6) is 0 Å². The number of carbonyl (C=O) groups is 1. The van der Waals surface area contributed by atoms with Gasteiger partial charge in [0.25, 0.3) is 0 Å². The average Bonchev–Trinajstić information content (AvgIpc) is 2.68. The number of aromatic nitrogens is 3. The molecule has 0 unspecified atom stereocenters. The molecule has 88 valence electrons. The Labute approximate surface area is 103 Å². The maximum Gasteiger partial charge on any atom is 0.231 e. The number of benzene rings is 1. The highest BCUT2D eigenvalue weighted by molar-refractivity contribution is 6.31. The van der Waals surface area contributed by atoms with Gasteiger partial charge in [-0.05, 0) is 11.6 Å². The molecule has 17 heavy (non-hydrogen) atoms. The van der Waals surface area contributed by atoms with E-state index in [1.165, 1.54) is 6.33 Å². The predicted octanol–water partition coefficient (Wildman–Crippen LogP) is 1.65. The summed E-state index contributed by atoms with van der Waals surface area (Å²) in [6.45, 7) is 0. The second-order valence-corrected chi connectivity index (χ2v) is 3.99. The van der Waals surface area contributed by atoms with Gasteiger partial charge in [0, 0.05) is 12.1 Å². The maximum absolute atomic E-state index is 11.7. The summed E-state index contributed by atoms with van der Waals surface area (Å²) in [5, 5.41) is 10.7. The zero-order chi connectivity index (χ0) is 12.3. The lowest BCUT2D eigenvalue weighted by Crippen LogP contribution is -2.17. The van der Waals surface area contributed by atoms with E-state index >= 15 is 0 Å². The van der Waals surface area contributed by atoms with Gasteiger partial charge in [-0.2, -0.15) is 0 Å². The van der Waals surface area contributed by atoms with Gasteiger partial charge in [0.1, 0.15) is 6.33 Å². The molecule has 0 atom stereocenters. The first-order chi connectivity index (χ1) is 8.16. The van der Waals surface area contributed by atoms with E-state index in [1.54, 1.807) is 17.7 Å². The van der Waals surface area contributed by atoms with Gasteiger partial charge in [-0.3, -0.25) is 10.1 Å². The molecule has 1 heterocycles. The Kier molecular flexibility index (Phi) is 3.39. The number of carbonyl (C=O) groups excluding carboxylic acids is 1. The van der Waals surface area contributed by atoms with Gasteiger partial charge in [0.15, 0.2) is 0 Å². The molecule has 0 bridgehead atoms. The Balaban J connectivity index is 2.03. The molecule has 0 saturated heterocycles. The molecule has 1 aromatic carbocycles. The Morgan fingerprint density at radius 1 is 1.47 bits per heavy atom. The molecular formula is C11H11ClN4O. The molecule has 5 nitrogen and oxygen atoms in total. The number of hydrogen-bond acceptors (Lipinski definition) is 3. The van der Waals surface area contributed by atoms with Gasteiger partial charge in [0.05, 0.1) is 6.42 Å². The highest BCUT2D eigenvalue weighted by atomic mass is 35.5. The molecule has 1 amide bonds. The Morgan fingerprint density at radius 3 is 2.88 bits per heavy atom. The molecule has 0 saturated carbocycles. The molecule has 0 radical (unpaired) electrons. The van der Waals surface area contributed by atoms with E-state index in [9.17, 15) is 4.79 Å². The minimum absolute atomic E-state index is 0.172. The summed E-state index contributed by atoms with van der Waals surface area (Å²) in [5.41, 5.74) is 0.786. The van der Waals surface area contributed by atoms with Crippen molar-refractivity contribution < 1.29 is 4.79 Å². The van der Waals surface area contributed by atoms with Crippen LogP contribution in [0.4, 0.5) is 5.95 Å². The first-order valence-corrected chi connectivity index (χ1v) is 5.42. The van der Waals surface area contributed by atoms with Crippen LogP contribution < -0.4 is 5.32 Å². The van der Waals surface area contributed by atoms with E-state index in [4.69, 9.17) is 11.6 Å². The zero-order valence-electron chi connectivity index (χ0n) is 9.22. The first kappa shape index (κ1) is 11.6. The molecule has 6 heteroatoms. The number of aryl methyl sites for hydroxylation is 1. The van der Waals surface area contributed by atoms with Crippen LogP contribution in [-0.4, -0.2) is 20.7 Å². The summed E-state index contributed by atoms with van der Waals surface area (Å²) in [7, 11) is 1.76. The molecule has 0 aliphatic rings. The van der Waals surface area contributed by atoms with Crippen LogP contribution in [0.3, 0.4) is 0 Å². The normalized spacial score (nSPS) is 10.2. The molecule has 1 aromatic heterocycles. The van der Waals surface area contributed by atoms with Gasteiger partial charge in [0.2, 0.25) is 11.9 Å². The van der Waals surface area contributed by atoms with Crippen molar-refractivity contribution in [1.82, 2.24) is 14.8 Å². The monoisotopic (exact) mass is 250 g/mol. The third-order valence-corrected chi connectivity index (χ3v) is 2.64. The average molecular weight is 251 g/mol. The minimum Gasteiger partial charge on any atom is -0.303 e. The van der Waals surface area contributed by atoms with Crippen molar-refractivity contribution in [3.05, 3.63) is 41.2 Å². The van der Waals surface area contributed by atoms with E-state index in [0.29, 0.717) is 11.0 Å². The molecule has 1 N–H and O–H groups in total. The van der Waals surface area contributed by atoms with Crippen LogP contribution in [0.1, 0.15) is 5.56 Å². The number of hydrogen-bond donors (Lipinski definition) is 1. The summed E-state index contributed by atoms with van der Waals surface area (Å²) >= 11 is 5.97. The number of anilines is 1. The molecule has 0 spiro atoms. The van der Waals surface area contributed by atoms with Crippen molar-refractivity contribution in [2.75, 3.05) is 5.32 Å². The number of halogens is 1. The minimum atomic E-state index is -0.172. The van der Waals surface area contributed by atoms with Crippen molar-refractivity contribution in [3.8, 4) is 0 Å². The van der Waals surface area contributed by atoms with E-state index in [-0.39, 0.29) is 12.3 Å². The van der Waals surface area contributed by atoms with E-state index in [0.717, 1.165) is 5.56 Å². The standard InChI is InChI=1S/C11H11ClN4O/c1-16-7-13-15-11(16)14-10(17)6-8-4-2-3-5-9(8)12/h2-5,7H,6H2,1H3,(H,14,15,17). The van der Waals surface area contributed by atoms with Crippen molar-refractivity contribution in [1.29, 1.82) is 0 Å². The summed E-state index contributed by atoms with van der Waals surface area (Å²) in [6, 6.07) is 7.24. The fraction of sp³-hybridized carbons (Fsp3) is 0.182. The van der Waals surface area contributed by atoms with Crippen molar-refractivity contribution in [2.45, 2.75) is 6.42 Å². The van der Waals surface area contributed by atoms with Gasteiger partial charge in [-0.15, -0.1) is 10.2 Å². The van der Waals surface area contributed by atoms with Gasteiger partial charge >= 0.3 is 0 Å². The van der Waals surface area contributed by atoms with E-state index < -0.39 is 0 Å². The van der Waals surface area contributed by atoms with Crippen LogP contribution in [0.15, 0.2) is 30.6 Å². The van der Waals surface area contributed by atoms with Crippen molar-refractivity contribution in [3.63, 3.8) is 0 Å². The molecule has 2 aromatic rings. The van der Waals surface area contributed by atoms with Gasteiger partial charge < -0.3 is 4.57 Å². The molecular weight excluding hydrogens is 240 g/mol. The van der Waals surface area contributed by atoms with Crippen LogP contribution in [0.25, 0.3) is 0 Å². The Bertz CT molecular complexity index is 538. The summed E-state index contributed by atoms with van der Waals surface area (Å²) < 4.78 is 1.63. The zero-order valence-corrected chi connectivity index (χ0v) is 9.98. The maximum atomic E-state index is 11.7. The molecule has 0 aliphatic carbocycles. The molecule has 0 aliphatic heterocycles. The highest BCUT2D eigenvalue weighted by Crippen LogP contribution is 2.15. The Morgan fingerprint density at radius 2 is 2.24 bits per heavy atom. The SMILES string of the molecule is Cn1cnnc1NC(=O)Cc1ccccc1Cl. The van der Waals surface area contributed by atoms with Crippen molar-refractivity contribution >= 4 is 23.5 Å². The lowest BCUT2D eigenvalue weighted by atomic mass is 10.1. The largest absolute Gasteiger partial charge is 0.303 e. The third-order valence-electron chi connectivity index (χ3n) is 2.27. The van der Waals surface area contributed by atoms with Gasteiger partial charge in [-0.25, -0.2) is 0 Å². The fourth-order valence-electron chi connectivity index (χ4n) is 1.38. The highest BCUT2D eigenvalue weighted by Gasteiger charge is 2.09. The third kappa shape index (κ3) is 2.82. The predicted molar refractivity (Wildman–Crippen MR) is 64.8 cm³/mol.